The Bertz CT molecular complexity index is 1300. The molecule has 0 amide bonds. The number of hydrogen-bond acceptors (Lipinski definition) is 4. The van der Waals surface area contributed by atoms with Crippen molar-refractivity contribution in [1.29, 1.82) is 0 Å². The lowest BCUT2D eigenvalue weighted by Gasteiger charge is -2.35. The van der Waals surface area contributed by atoms with Gasteiger partial charge in [-0.25, -0.2) is 4.98 Å². The van der Waals surface area contributed by atoms with Crippen LogP contribution < -0.4 is 11.3 Å². The number of hydrogen-bond donors (Lipinski definition) is 1. The molecule has 4 aromatic rings. The van der Waals surface area contributed by atoms with E-state index in [0.29, 0.717) is 18.6 Å². The van der Waals surface area contributed by atoms with E-state index in [1.165, 1.54) is 0 Å². The highest BCUT2D eigenvalue weighted by Crippen LogP contribution is 2.32. The zero-order chi connectivity index (χ0) is 23.9. The minimum atomic E-state index is -0.101. The maximum absolute atomic E-state index is 13.7. The summed E-state index contributed by atoms with van der Waals surface area (Å²) >= 11 is 0. The highest BCUT2D eigenvalue weighted by atomic mass is 16.1. The van der Waals surface area contributed by atoms with Crippen molar-refractivity contribution < 1.29 is 0 Å². The van der Waals surface area contributed by atoms with Gasteiger partial charge in [-0.1, -0.05) is 80.2 Å². The van der Waals surface area contributed by atoms with Gasteiger partial charge < -0.3 is 10.6 Å². The molecule has 0 aliphatic heterocycles. The van der Waals surface area contributed by atoms with Crippen molar-refractivity contribution in [3.8, 4) is 0 Å². The average molecular weight is 453 g/mol. The van der Waals surface area contributed by atoms with E-state index in [2.05, 4.69) is 42.7 Å². The Morgan fingerprint density at radius 1 is 1.03 bits per heavy atom. The molecule has 1 atom stereocenters. The summed E-state index contributed by atoms with van der Waals surface area (Å²) in [6, 6.07) is 25.8. The fraction of sp³-hybridized carbons (Fsp3) is 0.241. The van der Waals surface area contributed by atoms with E-state index in [4.69, 9.17) is 10.7 Å². The van der Waals surface area contributed by atoms with Gasteiger partial charge in [-0.15, -0.1) is 0 Å². The minimum Gasteiger partial charge on any atom is -0.363 e. The summed E-state index contributed by atoms with van der Waals surface area (Å²) in [4.78, 5) is 21.0. The maximum atomic E-state index is 13.7. The number of pyridine rings is 1. The number of nitrogens with two attached hydrogens (primary N) is 1. The van der Waals surface area contributed by atoms with Crippen molar-refractivity contribution in [1.82, 2.24) is 14.3 Å². The van der Waals surface area contributed by atoms with Crippen LogP contribution in [0.5, 0.6) is 0 Å². The number of benzene rings is 2. The van der Waals surface area contributed by atoms with Gasteiger partial charge in [0, 0.05) is 30.4 Å². The maximum Gasteiger partial charge on any atom is 0.261 e. The van der Waals surface area contributed by atoms with Gasteiger partial charge in [-0.2, -0.15) is 0 Å². The molecule has 0 spiro atoms. The third kappa shape index (κ3) is 4.95. The molecular weight excluding hydrogens is 420 g/mol. The first-order valence-electron chi connectivity index (χ1n) is 11.9. The third-order valence-electron chi connectivity index (χ3n) is 6.22. The van der Waals surface area contributed by atoms with E-state index >= 15 is 0 Å². The zero-order valence-corrected chi connectivity index (χ0v) is 19.7. The lowest BCUT2D eigenvalue weighted by Crippen LogP contribution is -2.33. The zero-order valence-electron chi connectivity index (χ0n) is 19.7. The minimum absolute atomic E-state index is 0.0213. The van der Waals surface area contributed by atoms with Crippen LogP contribution in [-0.4, -0.2) is 27.4 Å². The van der Waals surface area contributed by atoms with E-state index in [0.717, 1.165) is 47.5 Å². The first kappa shape index (κ1) is 23.5. The molecule has 4 rings (SSSR count). The number of rotatable bonds is 10. The first-order valence-corrected chi connectivity index (χ1v) is 11.9. The molecule has 34 heavy (non-hydrogen) atoms. The number of aromatic nitrogens is 2. The molecule has 5 nitrogen and oxygen atoms in total. The molecule has 2 N–H and O–H groups in total. The van der Waals surface area contributed by atoms with Crippen LogP contribution in [0.1, 0.15) is 48.2 Å². The molecule has 0 bridgehead atoms. The Labute approximate surface area is 201 Å². The predicted molar refractivity (Wildman–Crippen MR) is 140 cm³/mol. The van der Waals surface area contributed by atoms with Crippen LogP contribution in [0.4, 0.5) is 0 Å². The Morgan fingerprint density at radius 2 is 1.71 bits per heavy atom. The van der Waals surface area contributed by atoms with E-state index in [1.807, 2.05) is 54.6 Å². The van der Waals surface area contributed by atoms with Crippen LogP contribution in [0.25, 0.3) is 11.3 Å². The Morgan fingerprint density at radius 3 is 2.38 bits per heavy atom. The third-order valence-corrected chi connectivity index (χ3v) is 6.22. The van der Waals surface area contributed by atoms with Crippen LogP contribution in [0.15, 0.2) is 96.4 Å². The summed E-state index contributed by atoms with van der Waals surface area (Å²) in [5, 5.41) is 0. The van der Waals surface area contributed by atoms with Gasteiger partial charge >= 0.3 is 0 Å². The van der Waals surface area contributed by atoms with Crippen LogP contribution in [0.3, 0.4) is 0 Å². The summed E-state index contributed by atoms with van der Waals surface area (Å²) < 4.78 is 1.64. The molecule has 0 aliphatic rings. The number of nitrogens with zero attached hydrogens (tertiary/aromatic N) is 3. The fourth-order valence-electron chi connectivity index (χ4n) is 4.48. The Hall–Kier alpha value is -3.70. The van der Waals surface area contributed by atoms with Gasteiger partial charge in [0.1, 0.15) is 5.65 Å². The second-order valence-corrected chi connectivity index (χ2v) is 8.44. The van der Waals surface area contributed by atoms with Crippen molar-refractivity contribution >= 4 is 11.3 Å². The first-order chi connectivity index (χ1) is 16.6. The molecule has 0 saturated carbocycles. The molecule has 174 valence electrons. The smallest absolute Gasteiger partial charge is 0.261 e. The van der Waals surface area contributed by atoms with Crippen molar-refractivity contribution in [2.24, 2.45) is 5.73 Å². The largest absolute Gasteiger partial charge is 0.363 e. The van der Waals surface area contributed by atoms with E-state index in [9.17, 15) is 4.79 Å². The van der Waals surface area contributed by atoms with Gasteiger partial charge in [0.15, 0.2) is 0 Å². The average Bonchev–Trinajstić information content (AvgIpc) is 2.89. The molecule has 2 aromatic carbocycles. The monoisotopic (exact) mass is 452 g/mol. The normalized spacial score (nSPS) is 11.9. The summed E-state index contributed by atoms with van der Waals surface area (Å²) in [5.74, 6) is 0. The fourth-order valence-corrected chi connectivity index (χ4v) is 4.48. The second kappa shape index (κ2) is 10.9. The van der Waals surface area contributed by atoms with Crippen LogP contribution in [-0.2, 0) is 6.42 Å². The molecular formula is C29H32N4O. The summed E-state index contributed by atoms with van der Waals surface area (Å²) in [6.07, 6.45) is 3.93. The molecule has 2 aromatic heterocycles. The van der Waals surface area contributed by atoms with Crippen LogP contribution in [0, 0.1) is 0 Å². The molecule has 2 heterocycles. The van der Waals surface area contributed by atoms with Crippen molar-refractivity contribution in [3.63, 3.8) is 0 Å². The van der Waals surface area contributed by atoms with Crippen LogP contribution in [0.2, 0.25) is 0 Å². The van der Waals surface area contributed by atoms with Crippen molar-refractivity contribution in [2.45, 2.75) is 32.2 Å². The van der Waals surface area contributed by atoms with Crippen molar-refractivity contribution in [3.05, 3.63) is 124 Å². The molecule has 0 fully saturated rings. The molecule has 0 aliphatic carbocycles. The van der Waals surface area contributed by atoms with E-state index in [-0.39, 0.29) is 11.6 Å². The Kier molecular flexibility index (Phi) is 7.55. The van der Waals surface area contributed by atoms with Gasteiger partial charge in [0.25, 0.3) is 5.56 Å². The summed E-state index contributed by atoms with van der Waals surface area (Å²) in [7, 11) is 0. The van der Waals surface area contributed by atoms with Gasteiger partial charge in [-0.05, 0) is 42.6 Å². The lowest BCUT2D eigenvalue weighted by molar-refractivity contribution is 0.282. The quantitative estimate of drug-likeness (QED) is 0.365. The summed E-state index contributed by atoms with van der Waals surface area (Å²) in [5.41, 5.74) is 11.1. The van der Waals surface area contributed by atoms with E-state index in [1.54, 1.807) is 10.6 Å². The standard InChI is InChI=1S/C29H32N4O/c1-3-26(32(20-12-18-30)22(2)24-15-8-5-9-16-24)28-25(21-23-13-6-4-7-14-23)29(34)33-19-11-10-17-27(33)31-28/h4-11,13-17,19,26H,2-3,12,18,20-21,30H2,1H3. The molecule has 5 heteroatoms. The topological polar surface area (TPSA) is 63.6 Å². The van der Waals surface area contributed by atoms with Crippen LogP contribution >= 0.6 is 0 Å². The molecule has 0 saturated heterocycles. The van der Waals surface area contributed by atoms with Gasteiger partial charge in [0.2, 0.25) is 0 Å². The highest BCUT2D eigenvalue weighted by molar-refractivity contribution is 5.62. The van der Waals surface area contributed by atoms with Gasteiger partial charge in [0.05, 0.1) is 11.7 Å². The summed E-state index contributed by atoms with van der Waals surface area (Å²) in [6.45, 7) is 7.91. The van der Waals surface area contributed by atoms with E-state index < -0.39 is 0 Å². The number of fused-ring (bicyclic) bond motifs is 1. The SMILES string of the molecule is C=C(c1ccccc1)N(CCCN)C(CC)c1nc2ccccn2c(=O)c1Cc1ccccc1. The van der Waals surface area contributed by atoms with Crippen molar-refractivity contribution in [2.75, 3.05) is 13.1 Å². The predicted octanol–water partition coefficient (Wildman–Crippen LogP) is 5.06. The van der Waals surface area contributed by atoms with Gasteiger partial charge in [-0.3, -0.25) is 9.20 Å². The Balaban J connectivity index is 1.87. The lowest BCUT2D eigenvalue weighted by atomic mass is 9.97. The second-order valence-electron chi connectivity index (χ2n) is 8.44. The molecule has 1 unspecified atom stereocenters. The highest BCUT2D eigenvalue weighted by Gasteiger charge is 2.27. The molecule has 0 radical (unpaired) electrons.